The van der Waals surface area contributed by atoms with Crippen LogP contribution >= 0.6 is 15.9 Å². The number of ether oxygens (including phenoxy) is 2. The average Bonchev–Trinajstić information content (AvgIpc) is 2.51. The Morgan fingerprint density at radius 1 is 1.05 bits per heavy atom. The van der Waals surface area contributed by atoms with E-state index < -0.39 is 0 Å². The second-order valence-corrected chi connectivity index (χ2v) is 6.17. The minimum Gasteiger partial charge on any atom is -0.493 e. The summed E-state index contributed by atoms with van der Waals surface area (Å²) in [6, 6.07) is 14.3. The smallest absolute Gasteiger partial charge is 0.167 e. The minimum atomic E-state index is 0.0936. The van der Waals surface area contributed by atoms with Gasteiger partial charge in [-0.25, -0.2) is 0 Å². The van der Waals surface area contributed by atoms with Crippen molar-refractivity contribution >= 4 is 15.9 Å². The molecule has 0 amide bonds. The Hall–Kier alpha value is -1.52. The third-order valence-corrected chi connectivity index (χ3v) is 3.96. The van der Waals surface area contributed by atoms with E-state index in [0.29, 0.717) is 6.54 Å². The van der Waals surface area contributed by atoms with Crippen molar-refractivity contribution in [3.8, 4) is 11.5 Å². The van der Waals surface area contributed by atoms with Crippen LogP contribution in [0.2, 0.25) is 0 Å². The van der Waals surface area contributed by atoms with Gasteiger partial charge in [-0.3, -0.25) is 0 Å². The Kier molecular flexibility index (Phi) is 6.28. The molecule has 0 fully saturated rings. The van der Waals surface area contributed by atoms with Crippen LogP contribution in [-0.4, -0.2) is 13.2 Å². The summed E-state index contributed by atoms with van der Waals surface area (Å²) in [5.41, 5.74) is 2.33. The Morgan fingerprint density at radius 3 is 2.41 bits per heavy atom. The fourth-order valence-electron chi connectivity index (χ4n) is 2.20. The minimum absolute atomic E-state index is 0.0936. The molecule has 0 saturated carbocycles. The predicted octanol–water partition coefficient (Wildman–Crippen LogP) is 4.53. The van der Waals surface area contributed by atoms with Crippen LogP contribution in [0.5, 0.6) is 11.5 Å². The number of hydrogen-bond acceptors (Lipinski definition) is 3. The lowest BCUT2D eigenvalue weighted by molar-refractivity contribution is 0.227. The second kappa shape index (κ2) is 8.20. The number of methoxy groups -OCH3 is 1. The van der Waals surface area contributed by atoms with Crippen LogP contribution in [0.1, 0.15) is 25.0 Å². The van der Waals surface area contributed by atoms with E-state index in [2.05, 4.69) is 33.4 Å². The number of nitrogens with one attached hydrogen (secondary N) is 1. The Balaban J connectivity index is 2.14. The summed E-state index contributed by atoms with van der Waals surface area (Å²) in [6.45, 7) is 5.55. The van der Waals surface area contributed by atoms with E-state index >= 15 is 0 Å². The van der Waals surface area contributed by atoms with E-state index in [9.17, 15) is 0 Å². The molecule has 0 bridgehead atoms. The molecule has 22 heavy (non-hydrogen) atoms. The van der Waals surface area contributed by atoms with Crippen LogP contribution in [-0.2, 0) is 13.1 Å². The van der Waals surface area contributed by atoms with Gasteiger partial charge in [0.15, 0.2) is 11.5 Å². The molecule has 2 aromatic rings. The van der Waals surface area contributed by atoms with Crippen LogP contribution < -0.4 is 14.8 Å². The van der Waals surface area contributed by atoms with E-state index in [1.807, 2.05) is 44.2 Å². The van der Waals surface area contributed by atoms with Gasteiger partial charge in [0.25, 0.3) is 0 Å². The molecule has 0 saturated heterocycles. The van der Waals surface area contributed by atoms with E-state index in [-0.39, 0.29) is 6.10 Å². The predicted molar refractivity (Wildman–Crippen MR) is 93.4 cm³/mol. The molecule has 0 aliphatic rings. The van der Waals surface area contributed by atoms with Gasteiger partial charge in [-0.15, -0.1) is 0 Å². The van der Waals surface area contributed by atoms with Crippen LogP contribution in [0.25, 0.3) is 0 Å². The van der Waals surface area contributed by atoms with Crippen molar-refractivity contribution in [3.63, 3.8) is 0 Å². The first kappa shape index (κ1) is 16.8. The summed E-state index contributed by atoms with van der Waals surface area (Å²) in [5, 5.41) is 3.46. The van der Waals surface area contributed by atoms with E-state index in [1.165, 1.54) is 5.56 Å². The highest BCUT2D eigenvalue weighted by Gasteiger charge is 2.15. The molecule has 0 atom stereocenters. The van der Waals surface area contributed by atoms with Gasteiger partial charge in [0.2, 0.25) is 0 Å². The molecule has 0 unspecified atom stereocenters. The normalized spacial score (nSPS) is 10.8. The summed E-state index contributed by atoms with van der Waals surface area (Å²) in [4.78, 5) is 0. The maximum atomic E-state index is 5.96. The monoisotopic (exact) mass is 363 g/mol. The van der Waals surface area contributed by atoms with Gasteiger partial charge in [0, 0.05) is 23.1 Å². The van der Waals surface area contributed by atoms with Gasteiger partial charge in [-0.05, 0) is 31.5 Å². The SMILES string of the molecule is COc1ccc(Br)c(CNCc2ccccc2)c1OC(C)C. The molecule has 3 nitrogen and oxygen atoms in total. The highest BCUT2D eigenvalue weighted by Crippen LogP contribution is 2.36. The van der Waals surface area contributed by atoms with Crippen molar-refractivity contribution in [3.05, 3.63) is 58.1 Å². The highest BCUT2D eigenvalue weighted by molar-refractivity contribution is 9.10. The van der Waals surface area contributed by atoms with Gasteiger partial charge in [-0.2, -0.15) is 0 Å². The van der Waals surface area contributed by atoms with Gasteiger partial charge in [0.1, 0.15) is 0 Å². The zero-order chi connectivity index (χ0) is 15.9. The Labute approximate surface area is 140 Å². The number of hydrogen-bond donors (Lipinski definition) is 1. The van der Waals surface area contributed by atoms with Crippen molar-refractivity contribution in [2.75, 3.05) is 7.11 Å². The zero-order valence-corrected chi connectivity index (χ0v) is 14.8. The third kappa shape index (κ3) is 4.49. The lowest BCUT2D eigenvalue weighted by atomic mass is 10.1. The molecule has 2 rings (SSSR count). The summed E-state index contributed by atoms with van der Waals surface area (Å²) in [5.74, 6) is 1.56. The van der Waals surface area contributed by atoms with Crippen molar-refractivity contribution in [1.82, 2.24) is 5.32 Å². The molecule has 0 aromatic heterocycles. The second-order valence-electron chi connectivity index (χ2n) is 5.31. The van der Waals surface area contributed by atoms with E-state index in [0.717, 1.165) is 28.1 Å². The van der Waals surface area contributed by atoms with Crippen LogP contribution in [0.15, 0.2) is 46.9 Å². The van der Waals surface area contributed by atoms with Gasteiger partial charge in [-0.1, -0.05) is 46.3 Å². The molecular weight excluding hydrogens is 342 g/mol. The molecule has 1 N–H and O–H groups in total. The van der Waals surface area contributed by atoms with Crippen LogP contribution in [0.4, 0.5) is 0 Å². The van der Waals surface area contributed by atoms with Crippen molar-refractivity contribution in [1.29, 1.82) is 0 Å². The summed E-state index contributed by atoms with van der Waals surface area (Å²) < 4.78 is 12.4. The van der Waals surface area contributed by atoms with E-state index in [1.54, 1.807) is 7.11 Å². The molecule has 0 aliphatic carbocycles. The lowest BCUT2D eigenvalue weighted by Crippen LogP contribution is -2.16. The molecule has 0 heterocycles. The first-order chi connectivity index (χ1) is 10.6. The first-order valence-electron chi connectivity index (χ1n) is 7.38. The van der Waals surface area contributed by atoms with Crippen molar-refractivity contribution in [2.45, 2.75) is 33.0 Å². The third-order valence-electron chi connectivity index (χ3n) is 3.21. The quantitative estimate of drug-likeness (QED) is 0.783. The van der Waals surface area contributed by atoms with E-state index in [4.69, 9.17) is 9.47 Å². The summed E-state index contributed by atoms with van der Waals surface area (Å²) in [7, 11) is 1.66. The van der Waals surface area contributed by atoms with Gasteiger partial charge in [0.05, 0.1) is 13.2 Å². The average molecular weight is 364 g/mol. The Bertz CT molecular complexity index is 600. The van der Waals surface area contributed by atoms with Crippen LogP contribution in [0.3, 0.4) is 0 Å². The van der Waals surface area contributed by atoms with Crippen molar-refractivity contribution in [2.24, 2.45) is 0 Å². The molecule has 0 spiro atoms. The molecule has 118 valence electrons. The van der Waals surface area contributed by atoms with Crippen molar-refractivity contribution < 1.29 is 9.47 Å². The van der Waals surface area contributed by atoms with Crippen LogP contribution in [0, 0.1) is 0 Å². The lowest BCUT2D eigenvalue weighted by Gasteiger charge is -2.19. The molecule has 2 aromatic carbocycles. The highest BCUT2D eigenvalue weighted by atomic mass is 79.9. The summed E-state index contributed by atoms with van der Waals surface area (Å²) in [6.07, 6.45) is 0.0936. The number of benzene rings is 2. The van der Waals surface area contributed by atoms with Gasteiger partial charge >= 0.3 is 0 Å². The first-order valence-corrected chi connectivity index (χ1v) is 8.17. The number of halogens is 1. The molecular formula is C18H22BrNO2. The molecule has 4 heteroatoms. The standard InChI is InChI=1S/C18H22BrNO2/c1-13(2)22-18-15(16(19)9-10-17(18)21-3)12-20-11-14-7-5-4-6-8-14/h4-10,13,20H,11-12H2,1-3H3. The fraction of sp³-hybridized carbons (Fsp3) is 0.333. The fourth-order valence-corrected chi connectivity index (χ4v) is 2.65. The molecule has 0 aliphatic heterocycles. The summed E-state index contributed by atoms with van der Waals surface area (Å²) >= 11 is 3.61. The Morgan fingerprint density at radius 2 is 1.77 bits per heavy atom. The maximum absolute atomic E-state index is 5.96. The topological polar surface area (TPSA) is 30.5 Å². The number of rotatable bonds is 7. The van der Waals surface area contributed by atoms with Gasteiger partial charge < -0.3 is 14.8 Å². The zero-order valence-electron chi connectivity index (χ0n) is 13.2. The maximum Gasteiger partial charge on any atom is 0.167 e. The molecule has 0 radical (unpaired) electrons. The largest absolute Gasteiger partial charge is 0.493 e.